The molecule has 1 aliphatic carbocycles. The van der Waals surface area contributed by atoms with Crippen molar-refractivity contribution in [2.45, 2.75) is 64.7 Å². The van der Waals surface area contributed by atoms with Crippen molar-refractivity contribution < 1.29 is 17.5 Å². The Morgan fingerprint density at radius 2 is 1.47 bits per heavy atom. The van der Waals surface area contributed by atoms with Gasteiger partial charge in [-0.15, -0.1) is 0 Å². The predicted octanol–water partition coefficient (Wildman–Crippen LogP) is 10.2. The highest BCUT2D eigenvalue weighted by Crippen LogP contribution is 2.53. The number of hydrogen-bond donors (Lipinski definition) is 0. The molecule has 0 aromatic heterocycles. The van der Waals surface area contributed by atoms with Crippen LogP contribution in [0.25, 0.3) is 21.5 Å². The summed E-state index contributed by atoms with van der Waals surface area (Å²) in [6.45, 7) is 18.9. The summed E-state index contributed by atoms with van der Waals surface area (Å²) >= 11 is 0. The average Bonchev–Trinajstić information content (AvgIpc) is 3.44. The lowest BCUT2D eigenvalue weighted by Crippen LogP contribution is -2.28. The van der Waals surface area contributed by atoms with Gasteiger partial charge in [0.2, 0.25) is 5.69 Å². The van der Waals surface area contributed by atoms with Crippen molar-refractivity contribution in [3.8, 4) is 0 Å². The number of nitrogens with zero attached hydrogens (tertiary/aromatic N) is 2. The third-order valence-corrected chi connectivity index (χ3v) is 11.6. The first-order valence-corrected chi connectivity index (χ1v) is 18.3. The highest BCUT2D eigenvalue weighted by Gasteiger charge is 2.45. The minimum atomic E-state index is -4.80. The van der Waals surface area contributed by atoms with Crippen LogP contribution in [0.4, 0.5) is 11.4 Å². The molecule has 2 heterocycles. The lowest BCUT2D eigenvalue weighted by molar-refractivity contribution is -0.355. The molecule has 3 aliphatic rings. The first-order chi connectivity index (χ1) is 23.3. The van der Waals surface area contributed by atoms with Crippen LogP contribution in [0.3, 0.4) is 0 Å². The number of benzene rings is 4. The second kappa shape index (κ2) is 11.7. The molecule has 4 aromatic rings. The van der Waals surface area contributed by atoms with Gasteiger partial charge in [-0.3, -0.25) is 0 Å². The topological polar surface area (TPSA) is 63.5 Å². The second-order valence-electron chi connectivity index (χ2n) is 14.3. The molecule has 0 fully saturated rings. The summed E-state index contributed by atoms with van der Waals surface area (Å²) in [6, 6.07) is 24.9. The largest absolute Gasteiger partial charge is 0.743 e. The van der Waals surface area contributed by atoms with Crippen LogP contribution in [-0.2, 0) is 20.9 Å². The van der Waals surface area contributed by atoms with Gasteiger partial charge in [-0.25, -0.2) is 8.42 Å². The summed E-state index contributed by atoms with van der Waals surface area (Å²) in [5.74, 6) is 0. The molecule has 0 bridgehead atoms. The third-order valence-electron chi connectivity index (χ3n) is 10.8. The summed E-state index contributed by atoms with van der Waals surface area (Å²) in [5.41, 5.74) is 8.88. The minimum Gasteiger partial charge on any atom is -0.743 e. The molecule has 0 atom stereocenters. The second-order valence-corrected chi connectivity index (χ2v) is 15.7. The summed E-state index contributed by atoms with van der Waals surface area (Å²) in [6.07, 6.45) is 13.4. The fraction of sp³-hybridized carbons (Fsp3) is 0.233. The molecule has 0 amide bonds. The quantitative estimate of drug-likeness (QED) is 0.152. The molecule has 0 saturated carbocycles. The number of anilines is 1. The van der Waals surface area contributed by atoms with E-state index in [1.165, 1.54) is 44.5 Å². The van der Waals surface area contributed by atoms with E-state index in [1.54, 1.807) is 4.90 Å². The van der Waals surface area contributed by atoms with Crippen molar-refractivity contribution >= 4 is 48.7 Å². The summed E-state index contributed by atoms with van der Waals surface area (Å²) < 4.78 is 39.4. The van der Waals surface area contributed by atoms with Crippen LogP contribution in [0.15, 0.2) is 144 Å². The maximum Gasteiger partial charge on any atom is 0.215 e. The van der Waals surface area contributed by atoms with E-state index in [0.717, 1.165) is 35.6 Å². The van der Waals surface area contributed by atoms with Crippen LogP contribution in [-0.4, -0.2) is 23.3 Å². The molecule has 5 nitrogen and oxygen atoms in total. The van der Waals surface area contributed by atoms with E-state index >= 15 is 0 Å². The SMILES string of the molecule is C=C[N+]1=C(/C=C/C2=C(C)C(=C/C=C3/N(C(=C)S(=O)(=O)[O-])c4ccc5ccccc5c4C3(C)C)/CCC2)C(C)(C)c2c1ccc1ccccc21. The highest BCUT2D eigenvalue weighted by atomic mass is 32.2. The molecule has 4 aromatic carbocycles. The number of fused-ring (bicyclic) bond motifs is 6. The molecule has 0 radical (unpaired) electrons. The van der Waals surface area contributed by atoms with Gasteiger partial charge in [0, 0.05) is 28.8 Å². The molecular formula is C43H42N2O3S. The van der Waals surface area contributed by atoms with Crippen molar-refractivity contribution in [2.24, 2.45) is 0 Å². The van der Waals surface area contributed by atoms with Crippen molar-refractivity contribution in [1.82, 2.24) is 0 Å². The summed E-state index contributed by atoms with van der Waals surface area (Å²) in [7, 11) is -4.80. The molecule has 0 spiro atoms. The zero-order valence-corrected chi connectivity index (χ0v) is 29.7. The Labute approximate surface area is 290 Å². The molecule has 6 heteroatoms. The minimum absolute atomic E-state index is 0.228. The molecule has 0 N–H and O–H groups in total. The lowest BCUT2D eigenvalue weighted by atomic mass is 9.78. The standard InChI is InChI=1S/C43H42N2O3S/c1-8-44-36-24-20-32-14-9-11-18-34(32)40(36)42(4,5)38(44)26-22-30-16-13-17-31(28(30)2)23-27-39-43(6,7)41-35-19-12-10-15-33(35)21-25-37(41)45(39)29(3)49(46,47)48/h8-12,14-15,18-27H,1,3,13,16-17H2,2,4-7H3. The summed E-state index contributed by atoms with van der Waals surface area (Å²) in [4.78, 5) is 1.55. The van der Waals surface area contributed by atoms with E-state index in [2.05, 4.69) is 113 Å². The van der Waals surface area contributed by atoms with Gasteiger partial charge < -0.3 is 9.45 Å². The Morgan fingerprint density at radius 1 is 0.837 bits per heavy atom. The monoisotopic (exact) mass is 666 g/mol. The normalized spacial score (nSPS) is 20.2. The van der Waals surface area contributed by atoms with Gasteiger partial charge in [-0.05, 0) is 109 Å². The van der Waals surface area contributed by atoms with E-state index in [1.807, 2.05) is 42.6 Å². The van der Waals surface area contributed by atoms with Gasteiger partial charge in [0.25, 0.3) is 0 Å². The van der Waals surface area contributed by atoms with Gasteiger partial charge in [0.15, 0.2) is 11.9 Å². The van der Waals surface area contributed by atoms with Gasteiger partial charge in [-0.2, -0.15) is 4.58 Å². The van der Waals surface area contributed by atoms with Crippen LogP contribution in [0.1, 0.15) is 65.0 Å². The Morgan fingerprint density at radius 3 is 2.12 bits per heavy atom. The molecular weight excluding hydrogens is 625 g/mol. The average molecular weight is 667 g/mol. The maximum atomic E-state index is 12.4. The highest BCUT2D eigenvalue weighted by molar-refractivity contribution is 7.89. The first-order valence-electron chi connectivity index (χ1n) is 16.8. The van der Waals surface area contributed by atoms with E-state index in [-0.39, 0.29) is 5.41 Å². The van der Waals surface area contributed by atoms with Gasteiger partial charge in [-0.1, -0.05) is 87.2 Å². The van der Waals surface area contributed by atoms with E-state index in [4.69, 9.17) is 0 Å². The number of rotatable bonds is 6. The van der Waals surface area contributed by atoms with Gasteiger partial charge in [0.05, 0.1) is 11.1 Å². The van der Waals surface area contributed by atoms with Crippen molar-refractivity contribution in [1.29, 1.82) is 0 Å². The molecule has 49 heavy (non-hydrogen) atoms. The van der Waals surface area contributed by atoms with Gasteiger partial charge in [0.1, 0.15) is 15.1 Å². The van der Waals surface area contributed by atoms with Crippen molar-refractivity contribution in [3.63, 3.8) is 0 Å². The van der Waals surface area contributed by atoms with E-state index < -0.39 is 20.6 Å². The first kappa shape index (κ1) is 32.8. The summed E-state index contributed by atoms with van der Waals surface area (Å²) in [5, 5.41) is 4.12. The fourth-order valence-electron chi connectivity index (χ4n) is 8.29. The zero-order valence-electron chi connectivity index (χ0n) is 28.9. The fourth-order valence-corrected chi connectivity index (χ4v) is 8.71. The van der Waals surface area contributed by atoms with E-state index in [9.17, 15) is 13.0 Å². The lowest BCUT2D eigenvalue weighted by Gasteiger charge is -2.29. The molecule has 248 valence electrons. The Kier molecular flexibility index (Phi) is 7.81. The maximum absolute atomic E-state index is 12.4. The molecule has 2 aliphatic heterocycles. The smallest absolute Gasteiger partial charge is 0.215 e. The molecule has 0 unspecified atom stereocenters. The van der Waals surface area contributed by atoms with Crippen LogP contribution in [0.5, 0.6) is 0 Å². The van der Waals surface area contributed by atoms with Crippen molar-refractivity contribution in [2.75, 3.05) is 4.90 Å². The third kappa shape index (κ3) is 5.17. The van der Waals surface area contributed by atoms with E-state index in [0.29, 0.717) is 11.4 Å². The number of hydrogen-bond acceptors (Lipinski definition) is 4. The Bertz CT molecular complexity index is 2380. The Hall–Kier alpha value is -4.78. The predicted molar refractivity (Wildman–Crippen MR) is 202 cm³/mol. The van der Waals surface area contributed by atoms with Crippen LogP contribution >= 0.6 is 0 Å². The zero-order chi connectivity index (χ0) is 34.9. The molecule has 7 rings (SSSR count). The van der Waals surface area contributed by atoms with Crippen LogP contribution in [0.2, 0.25) is 0 Å². The van der Waals surface area contributed by atoms with Crippen molar-refractivity contribution in [3.05, 3.63) is 155 Å². The van der Waals surface area contributed by atoms with Crippen LogP contribution < -0.4 is 4.90 Å². The van der Waals surface area contributed by atoms with Crippen LogP contribution in [0, 0.1) is 0 Å². The number of allylic oxidation sites excluding steroid dienone is 8. The molecule has 0 saturated heterocycles. The Balaban J connectivity index is 1.29. The van der Waals surface area contributed by atoms with Gasteiger partial charge >= 0.3 is 0 Å².